The van der Waals surface area contributed by atoms with Gasteiger partial charge in [0, 0.05) is 30.8 Å². The SMILES string of the molecule is C=CCN1C2=C(CN(CC3CCCN3)C2=O)C(=C)n2nc(CC)cc21. The van der Waals surface area contributed by atoms with Gasteiger partial charge in [-0.1, -0.05) is 19.6 Å². The van der Waals surface area contributed by atoms with Gasteiger partial charge in [-0.3, -0.25) is 4.79 Å². The van der Waals surface area contributed by atoms with Crippen molar-refractivity contribution in [3.05, 3.63) is 42.3 Å². The van der Waals surface area contributed by atoms with Gasteiger partial charge in [-0.05, 0) is 25.8 Å². The predicted octanol–water partition coefficient (Wildman–Crippen LogP) is 1.77. The molecule has 4 heterocycles. The van der Waals surface area contributed by atoms with Crippen LogP contribution in [0.25, 0.3) is 5.70 Å². The summed E-state index contributed by atoms with van der Waals surface area (Å²) >= 11 is 0. The number of anilines is 1. The van der Waals surface area contributed by atoms with Crippen molar-refractivity contribution >= 4 is 17.4 Å². The van der Waals surface area contributed by atoms with E-state index in [0.29, 0.717) is 19.1 Å². The molecule has 3 aliphatic rings. The zero-order chi connectivity index (χ0) is 17.6. The Kier molecular flexibility index (Phi) is 4.00. The predicted molar refractivity (Wildman–Crippen MR) is 99.1 cm³/mol. The third-order valence-corrected chi connectivity index (χ3v) is 5.29. The molecule has 0 bridgehead atoms. The lowest BCUT2D eigenvalue weighted by atomic mass is 10.1. The van der Waals surface area contributed by atoms with Crippen molar-refractivity contribution in [3.63, 3.8) is 0 Å². The summed E-state index contributed by atoms with van der Waals surface area (Å²) in [6.45, 7) is 13.2. The lowest BCUT2D eigenvalue weighted by molar-refractivity contribution is -0.125. The number of carbonyl (C=O) groups excluding carboxylic acids is 1. The topological polar surface area (TPSA) is 53.4 Å². The monoisotopic (exact) mass is 339 g/mol. The van der Waals surface area contributed by atoms with Gasteiger partial charge in [0.25, 0.3) is 5.91 Å². The number of nitrogens with zero attached hydrogens (tertiary/aromatic N) is 4. The Hall–Kier alpha value is -2.34. The van der Waals surface area contributed by atoms with Gasteiger partial charge in [0.2, 0.25) is 0 Å². The highest BCUT2D eigenvalue weighted by Crippen LogP contribution is 2.39. The Morgan fingerprint density at radius 2 is 2.32 bits per heavy atom. The number of aromatic nitrogens is 2. The minimum atomic E-state index is 0.0946. The molecule has 1 amide bonds. The van der Waals surface area contributed by atoms with Crippen LogP contribution in [0.4, 0.5) is 5.82 Å². The number of nitrogens with one attached hydrogen (secondary N) is 1. The molecule has 0 spiro atoms. The molecule has 4 rings (SSSR count). The molecule has 1 unspecified atom stereocenters. The van der Waals surface area contributed by atoms with Crippen molar-refractivity contribution in [1.29, 1.82) is 0 Å². The number of rotatable bonds is 5. The Morgan fingerprint density at radius 3 is 3.00 bits per heavy atom. The number of carbonyl (C=O) groups is 1. The second kappa shape index (κ2) is 6.19. The van der Waals surface area contributed by atoms with E-state index in [0.717, 1.165) is 54.4 Å². The van der Waals surface area contributed by atoms with E-state index in [2.05, 4.69) is 30.5 Å². The molecule has 1 aromatic heterocycles. The molecule has 1 saturated heterocycles. The van der Waals surface area contributed by atoms with Gasteiger partial charge in [0.15, 0.2) is 0 Å². The molecule has 0 radical (unpaired) electrons. The number of fused-ring (bicyclic) bond motifs is 1. The molecule has 0 aliphatic carbocycles. The summed E-state index contributed by atoms with van der Waals surface area (Å²) in [5.74, 6) is 1.01. The first kappa shape index (κ1) is 16.1. The van der Waals surface area contributed by atoms with E-state index >= 15 is 0 Å². The van der Waals surface area contributed by atoms with Crippen LogP contribution in [-0.2, 0) is 11.2 Å². The van der Waals surface area contributed by atoms with E-state index in [1.165, 1.54) is 6.42 Å². The normalized spacial score (nSPS) is 22.7. The van der Waals surface area contributed by atoms with Crippen LogP contribution in [-0.4, -0.2) is 52.8 Å². The van der Waals surface area contributed by atoms with Crippen molar-refractivity contribution in [1.82, 2.24) is 20.0 Å². The standard InChI is InChI=1S/C19H25N5O/c1-4-9-23-17-10-14(5-2)21-24(17)13(3)16-12-22(19(25)18(16)23)11-15-7-6-8-20-15/h4,10,15,20H,1,3,5-9,11-12H2,2H3. The average Bonchev–Trinajstić information content (AvgIpc) is 3.32. The Labute approximate surface area is 148 Å². The van der Waals surface area contributed by atoms with Crippen LogP contribution in [0.2, 0.25) is 0 Å². The molecule has 25 heavy (non-hydrogen) atoms. The molecule has 6 heteroatoms. The van der Waals surface area contributed by atoms with Gasteiger partial charge in [-0.25, -0.2) is 4.68 Å². The maximum absolute atomic E-state index is 13.1. The smallest absolute Gasteiger partial charge is 0.271 e. The fourth-order valence-corrected chi connectivity index (χ4v) is 3.99. The van der Waals surface area contributed by atoms with E-state index in [9.17, 15) is 4.79 Å². The Balaban J connectivity index is 1.67. The first-order valence-electron chi connectivity index (χ1n) is 9.06. The van der Waals surface area contributed by atoms with Crippen molar-refractivity contribution in [2.45, 2.75) is 32.2 Å². The van der Waals surface area contributed by atoms with E-state index in [1.807, 2.05) is 26.6 Å². The molecule has 1 fully saturated rings. The van der Waals surface area contributed by atoms with Crippen LogP contribution >= 0.6 is 0 Å². The van der Waals surface area contributed by atoms with Crippen LogP contribution in [0.15, 0.2) is 36.6 Å². The Morgan fingerprint density at radius 1 is 1.48 bits per heavy atom. The van der Waals surface area contributed by atoms with Crippen molar-refractivity contribution in [2.24, 2.45) is 0 Å². The zero-order valence-corrected chi connectivity index (χ0v) is 14.8. The van der Waals surface area contributed by atoms with Gasteiger partial charge in [-0.15, -0.1) is 6.58 Å². The third kappa shape index (κ3) is 2.52. The quantitative estimate of drug-likeness (QED) is 0.831. The van der Waals surface area contributed by atoms with Crippen LogP contribution in [0, 0.1) is 0 Å². The lowest BCUT2D eigenvalue weighted by Crippen LogP contribution is -2.41. The van der Waals surface area contributed by atoms with Crippen LogP contribution in [0.1, 0.15) is 25.5 Å². The minimum Gasteiger partial charge on any atom is -0.331 e. The molecule has 1 atom stereocenters. The van der Waals surface area contributed by atoms with Gasteiger partial charge >= 0.3 is 0 Å². The first-order valence-corrected chi connectivity index (χ1v) is 9.06. The summed E-state index contributed by atoms with van der Waals surface area (Å²) < 4.78 is 1.88. The molecule has 6 nitrogen and oxygen atoms in total. The van der Waals surface area contributed by atoms with Crippen molar-refractivity contribution in [3.8, 4) is 0 Å². The summed E-state index contributed by atoms with van der Waals surface area (Å²) in [5, 5.41) is 8.14. The van der Waals surface area contributed by atoms with Gasteiger partial charge in [-0.2, -0.15) is 5.10 Å². The number of hydrogen-bond donors (Lipinski definition) is 1. The molecule has 0 aromatic carbocycles. The second-order valence-electron chi connectivity index (χ2n) is 6.91. The van der Waals surface area contributed by atoms with E-state index in [-0.39, 0.29) is 5.91 Å². The van der Waals surface area contributed by atoms with Crippen molar-refractivity contribution < 1.29 is 4.79 Å². The minimum absolute atomic E-state index is 0.0946. The zero-order valence-electron chi connectivity index (χ0n) is 14.8. The largest absolute Gasteiger partial charge is 0.331 e. The maximum Gasteiger partial charge on any atom is 0.271 e. The van der Waals surface area contributed by atoms with Crippen LogP contribution in [0.5, 0.6) is 0 Å². The van der Waals surface area contributed by atoms with E-state index < -0.39 is 0 Å². The average molecular weight is 339 g/mol. The highest BCUT2D eigenvalue weighted by atomic mass is 16.2. The molecule has 1 N–H and O–H groups in total. The molecular formula is C19H25N5O. The highest BCUT2D eigenvalue weighted by Gasteiger charge is 2.41. The Bertz CT molecular complexity index is 769. The fourth-order valence-electron chi connectivity index (χ4n) is 3.99. The highest BCUT2D eigenvalue weighted by molar-refractivity contribution is 6.05. The van der Waals surface area contributed by atoms with E-state index in [4.69, 9.17) is 0 Å². The molecule has 3 aliphatic heterocycles. The van der Waals surface area contributed by atoms with Crippen LogP contribution < -0.4 is 10.2 Å². The van der Waals surface area contributed by atoms with Gasteiger partial charge in [0.1, 0.15) is 11.5 Å². The summed E-state index contributed by atoms with van der Waals surface area (Å²) in [6, 6.07) is 2.45. The first-order chi connectivity index (χ1) is 12.1. The van der Waals surface area contributed by atoms with E-state index in [1.54, 1.807) is 0 Å². The van der Waals surface area contributed by atoms with Crippen LogP contribution in [0.3, 0.4) is 0 Å². The summed E-state index contributed by atoms with van der Waals surface area (Å²) in [7, 11) is 0. The summed E-state index contributed by atoms with van der Waals surface area (Å²) in [6.07, 6.45) is 5.00. The molecular weight excluding hydrogens is 314 g/mol. The molecule has 1 aromatic rings. The number of amides is 1. The molecule has 0 saturated carbocycles. The van der Waals surface area contributed by atoms with Gasteiger partial charge < -0.3 is 15.1 Å². The third-order valence-electron chi connectivity index (χ3n) is 5.29. The fraction of sp³-hybridized carbons (Fsp3) is 0.474. The molecule has 132 valence electrons. The summed E-state index contributed by atoms with van der Waals surface area (Å²) in [5.41, 5.74) is 3.56. The second-order valence-corrected chi connectivity index (χ2v) is 6.91. The lowest BCUT2D eigenvalue weighted by Gasteiger charge is -2.30. The number of aryl methyl sites for hydroxylation is 1. The number of hydrogen-bond acceptors (Lipinski definition) is 4. The maximum atomic E-state index is 13.1. The summed E-state index contributed by atoms with van der Waals surface area (Å²) in [4.78, 5) is 17.1. The van der Waals surface area contributed by atoms with Gasteiger partial charge in [0.05, 0.1) is 17.9 Å². The van der Waals surface area contributed by atoms with Crippen molar-refractivity contribution in [2.75, 3.05) is 31.1 Å².